The summed E-state index contributed by atoms with van der Waals surface area (Å²) in [6.07, 6.45) is 0.799. The van der Waals surface area contributed by atoms with Crippen molar-refractivity contribution in [1.82, 2.24) is 5.32 Å². The number of carbonyl (C=O) groups excluding carboxylic acids is 2. The predicted molar refractivity (Wildman–Crippen MR) is 62.8 cm³/mol. The molecular weight excluding hydrogens is 230 g/mol. The lowest BCUT2D eigenvalue weighted by Crippen LogP contribution is -2.43. The second kappa shape index (κ2) is 5.98. The fourth-order valence-corrected chi connectivity index (χ4v) is 1.54. The Bertz CT molecular complexity index is 296. The van der Waals surface area contributed by atoms with Gasteiger partial charge in [-0.3, -0.25) is 9.00 Å². The van der Waals surface area contributed by atoms with Gasteiger partial charge in [-0.2, -0.15) is 0 Å². The molecule has 1 N–H and O–H groups in total. The number of ketones is 1. The zero-order valence-electron chi connectivity index (χ0n) is 10.3. The summed E-state index contributed by atoms with van der Waals surface area (Å²) in [5, 5.41) is 2.40. The van der Waals surface area contributed by atoms with Gasteiger partial charge in [0.25, 0.3) is 0 Å². The monoisotopic (exact) mass is 249 g/mol. The number of alkyl carbamates (subject to hydrolysis) is 1. The highest BCUT2D eigenvalue weighted by atomic mass is 32.2. The van der Waals surface area contributed by atoms with Crippen molar-refractivity contribution < 1.29 is 18.5 Å². The molecule has 2 atom stereocenters. The highest BCUT2D eigenvalue weighted by Gasteiger charge is 2.21. The molecule has 1 amide bonds. The molecule has 94 valence electrons. The number of amides is 1. The standard InChI is InChI=1S/C10H19NO4S/c1-7(8(12)6-16(5)14)11-9(13)15-10(2,3)4/h7H,6H2,1-5H3,(H,11,13). The molecule has 6 heteroatoms. The average molecular weight is 249 g/mol. The molecule has 16 heavy (non-hydrogen) atoms. The molecule has 5 nitrogen and oxygen atoms in total. The van der Waals surface area contributed by atoms with E-state index >= 15 is 0 Å². The van der Waals surface area contributed by atoms with E-state index in [-0.39, 0.29) is 11.5 Å². The van der Waals surface area contributed by atoms with Gasteiger partial charge in [-0.1, -0.05) is 0 Å². The fourth-order valence-electron chi connectivity index (χ4n) is 0.890. The summed E-state index contributed by atoms with van der Waals surface area (Å²) >= 11 is 0. The lowest BCUT2D eigenvalue weighted by molar-refractivity contribution is -0.118. The van der Waals surface area contributed by atoms with Crippen LogP contribution in [0.5, 0.6) is 0 Å². The number of hydrogen-bond acceptors (Lipinski definition) is 4. The lowest BCUT2D eigenvalue weighted by Gasteiger charge is -2.21. The van der Waals surface area contributed by atoms with Crippen LogP contribution in [0.3, 0.4) is 0 Å². The van der Waals surface area contributed by atoms with Crippen LogP contribution in [-0.4, -0.2) is 39.7 Å². The van der Waals surface area contributed by atoms with Crippen molar-refractivity contribution in [3.8, 4) is 0 Å². The van der Waals surface area contributed by atoms with Crippen LogP contribution in [0.15, 0.2) is 0 Å². The minimum Gasteiger partial charge on any atom is -0.444 e. The van der Waals surface area contributed by atoms with Gasteiger partial charge in [0.15, 0.2) is 5.78 Å². The molecular formula is C10H19NO4S. The Morgan fingerprint density at radius 1 is 1.38 bits per heavy atom. The number of ether oxygens (including phenoxy) is 1. The number of carbonyl (C=O) groups is 2. The van der Waals surface area contributed by atoms with E-state index in [1.165, 1.54) is 6.26 Å². The summed E-state index contributed by atoms with van der Waals surface area (Å²) in [5.41, 5.74) is -0.597. The van der Waals surface area contributed by atoms with Crippen LogP contribution in [0.2, 0.25) is 0 Å². The van der Waals surface area contributed by atoms with Crippen molar-refractivity contribution in [2.45, 2.75) is 39.3 Å². The Labute approximate surface area is 98.4 Å². The first-order chi connectivity index (χ1) is 7.11. The summed E-state index contributed by atoms with van der Waals surface area (Å²) in [6, 6.07) is -0.682. The van der Waals surface area contributed by atoms with E-state index in [0.29, 0.717) is 0 Å². The number of hydrogen-bond donors (Lipinski definition) is 1. The van der Waals surface area contributed by atoms with Gasteiger partial charge in [-0.25, -0.2) is 4.79 Å². The molecule has 0 aromatic heterocycles. The van der Waals surface area contributed by atoms with Crippen LogP contribution in [0.1, 0.15) is 27.7 Å². The highest BCUT2D eigenvalue weighted by Crippen LogP contribution is 2.06. The topological polar surface area (TPSA) is 72.5 Å². The minimum atomic E-state index is -1.19. The maximum atomic E-state index is 11.4. The van der Waals surface area contributed by atoms with E-state index in [0.717, 1.165) is 0 Å². The molecule has 0 aliphatic heterocycles. The van der Waals surface area contributed by atoms with E-state index in [2.05, 4.69) is 5.32 Å². The first-order valence-electron chi connectivity index (χ1n) is 4.94. The summed E-state index contributed by atoms with van der Waals surface area (Å²) in [4.78, 5) is 22.7. The third kappa shape index (κ3) is 7.39. The molecule has 0 aromatic rings. The van der Waals surface area contributed by atoms with Crippen molar-refractivity contribution in [1.29, 1.82) is 0 Å². The van der Waals surface area contributed by atoms with Gasteiger partial charge in [0, 0.05) is 17.1 Å². The second-order valence-corrected chi connectivity index (χ2v) is 5.99. The molecule has 0 rings (SSSR count). The van der Waals surface area contributed by atoms with Crippen molar-refractivity contribution >= 4 is 22.7 Å². The maximum Gasteiger partial charge on any atom is 0.408 e. The highest BCUT2D eigenvalue weighted by molar-refractivity contribution is 7.85. The molecule has 0 bridgehead atoms. The summed E-state index contributed by atoms with van der Waals surface area (Å²) in [5.74, 6) is -0.330. The second-order valence-electron chi connectivity index (χ2n) is 4.55. The van der Waals surface area contributed by atoms with Gasteiger partial charge in [0.05, 0.1) is 11.8 Å². The van der Waals surface area contributed by atoms with Crippen LogP contribution in [0.25, 0.3) is 0 Å². The zero-order chi connectivity index (χ0) is 12.9. The maximum absolute atomic E-state index is 11.4. The summed E-state index contributed by atoms with van der Waals surface area (Å²) in [7, 11) is -1.19. The van der Waals surface area contributed by atoms with E-state index in [9.17, 15) is 13.8 Å². The number of rotatable bonds is 4. The quantitative estimate of drug-likeness (QED) is 0.801. The molecule has 0 saturated carbocycles. The van der Waals surface area contributed by atoms with Crippen molar-refractivity contribution in [2.75, 3.05) is 12.0 Å². The Balaban J connectivity index is 4.14. The molecule has 0 fully saturated rings. The Kier molecular flexibility index (Phi) is 5.64. The zero-order valence-corrected chi connectivity index (χ0v) is 11.1. The van der Waals surface area contributed by atoms with E-state index in [1.807, 2.05) is 0 Å². The van der Waals surface area contributed by atoms with Crippen molar-refractivity contribution in [3.05, 3.63) is 0 Å². The van der Waals surface area contributed by atoms with Crippen LogP contribution in [0, 0.1) is 0 Å². The third-order valence-corrected chi connectivity index (χ3v) is 2.25. The molecule has 0 spiro atoms. The first kappa shape index (κ1) is 15.1. The van der Waals surface area contributed by atoms with Crippen molar-refractivity contribution in [3.63, 3.8) is 0 Å². The summed E-state index contributed by atoms with van der Waals surface area (Å²) in [6.45, 7) is 6.75. The number of Topliss-reactive ketones (excluding diaryl/α,β-unsaturated/α-hetero) is 1. The van der Waals surface area contributed by atoms with Gasteiger partial charge < -0.3 is 10.1 Å². The normalized spacial score (nSPS) is 15.1. The van der Waals surface area contributed by atoms with Gasteiger partial charge >= 0.3 is 6.09 Å². The number of nitrogens with one attached hydrogen (secondary N) is 1. The van der Waals surface area contributed by atoms with Crippen LogP contribution in [0.4, 0.5) is 4.79 Å². The van der Waals surface area contributed by atoms with Crippen LogP contribution >= 0.6 is 0 Å². The van der Waals surface area contributed by atoms with E-state index in [4.69, 9.17) is 4.74 Å². The third-order valence-electron chi connectivity index (χ3n) is 1.56. The molecule has 2 unspecified atom stereocenters. The average Bonchev–Trinajstić information content (AvgIpc) is 1.98. The predicted octanol–water partition coefficient (Wildman–Crippen LogP) is 0.847. The first-order valence-corrected chi connectivity index (χ1v) is 6.67. The van der Waals surface area contributed by atoms with Gasteiger partial charge in [-0.05, 0) is 27.7 Å². The smallest absolute Gasteiger partial charge is 0.408 e. The SMILES string of the molecule is CC(NC(=O)OC(C)(C)C)C(=O)CS(C)=O. The minimum absolute atomic E-state index is 0.0586. The molecule has 0 aliphatic rings. The Hall–Kier alpha value is -0.910. The Morgan fingerprint density at radius 3 is 2.25 bits per heavy atom. The summed E-state index contributed by atoms with van der Waals surface area (Å²) < 4.78 is 15.8. The molecule has 0 aliphatic carbocycles. The largest absolute Gasteiger partial charge is 0.444 e. The van der Waals surface area contributed by atoms with Gasteiger partial charge in [0.2, 0.25) is 0 Å². The van der Waals surface area contributed by atoms with E-state index in [1.54, 1.807) is 27.7 Å². The fraction of sp³-hybridized carbons (Fsp3) is 0.800. The van der Waals surface area contributed by atoms with E-state index < -0.39 is 28.5 Å². The lowest BCUT2D eigenvalue weighted by atomic mass is 10.2. The van der Waals surface area contributed by atoms with Crippen molar-refractivity contribution in [2.24, 2.45) is 0 Å². The molecule has 0 saturated heterocycles. The molecule has 0 aromatic carbocycles. The van der Waals surface area contributed by atoms with Crippen LogP contribution < -0.4 is 5.32 Å². The molecule has 0 radical (unpaired) electrons. The van der Waals surface area contributed by atoms with Gasteiger partial charge in [0.1, 0.15) is 5.60 Å². The molecule has 0 heterocycles. The Morgan fingerprint density at radius 2 is 1.88 bits per heavy atom. The van der Waals surface area contributed by atoms with Gasteiger partial charge in [-0.15, -0.1) is 0 Å². The van der Waals surface area contributed by atoms with Crippen LogP contribution in [-0.2, 0) is 20.3 Å².